The molecule has 0 unspecified atom stereocenters. The van der Waals surface area contributed by atoms with E-state index in [2.05, 4.69) is 4.98 Å². The van der Waals surface area contributed by atoms with E-state index in [1.54, 1.807) is 17.5 Å². The molecule has 0 N–H and O–H groups in total. The van der Waals surface area contributed by atoms with Crippen molar-refractivity contribution in [3.63, 3.8) is 0 Å². The van der Waals surface area contributed by atoms with E-state index < -0.39 is 0 Å². The van der Waals surface area contributed by atoms with Crippen molar-refractivity contribution in [2.45, 2.75) is 44.6 Å². The number of amides is 1. The molecular weight excluding hydrogens is 311 g/mol. The van der Waals surface area contributed by atoms with Gasteiger partial charge in [-0.2, -0.15) is 0 Å². The number of benzene rings is 1. The third-order valence-corrected chi connectivity index (χ3v) is 5.21. The van der Waals surface area contributed by atoms with Gasteiger partial charge in [0.15, 0.2) is 0 Å². The number of likely N-dealkylation sites (tertiary alicyclic amines) is 1. The summed E-state index contributed by atoms with van der Waals surface area (Å²) in [6, 6.07) is 6.86. The maximum absolute atomic E-state index is 13.0. The van der Waals surface area contributed by atoms with Crippen LogP contribution in [0.25, 0.3) is 0 Å². The van der Waals surface area contributed by atoms with E-state index in [9.17, 15) is 9.18 Å². The van der Waals surface area contributed by atoms with Gasteiger partial charge in [-0.1, -0.05) is 12.1 Å². The van der Waals surface area contributed by atoms with E-state index in [1.807, 2.05) is 22.4 Å². The number of carbonyl (C=O) groups excluding carboxylic acids is 1. The van der Waals surface area contributed by atoms with Crippen LogP contribution in [0.15, 0.2) is 35.8 Å². The van der Waals surface area contributed by atoms with Crippen LogP contribution in [0.1, 0.15) is 36.3 Å². The van der Waals surface area contributed by atoms with Crippen molar-refractivity contribution in [3.05, 3.63) is 52.2 Å². The minimum absolute atomic E-state index is 0.214. The molecule has 2 heterocycles. The van der Waals surface area contributed by atoms with E-state index in [-0.39, 0.29) is 17.8 Å². The van der Waals surface area contributed by atoms with Crippen molar-refractivity contribution in [2.75, 3.05) is 6.54 Å². The Hall–Kier alpha value is -1.75. The van der Waals surface area contributed by atoms with E-state index in [0.717, 1.165) is 49.2 Å². The Kier molecular flexibility index (Phi) is 5.39. The summed E-state index contributed by atoms with van der Waals surface area (Å²) in [6.07, 6.45) is 7.08. The molecule has 5 heteroatoms. The van der Waals surface area contributed by atoms with Gasteiger partial charge in [-0.25, -0.2) is 9.37 Å². The summed E-state index contributed by atoms with van der Waals surface area (Å²) < 4.78 is 13.0. The molecule has 2 aromatic rings. The molecule has 0 radical (unpaired) electrons. The molecule has 1 fully saturated rings. The molecule has 23 heavy (non-hydrogen) atoms. The van der Waals surface area contributed by atoms with Crippen LogP contribution < -0.4 is 0 Å². The minimum Gasteiger partial charge on any atom is -0.339 e. The molecule has 1 aromatic heterocycles. The highest BCUT2D eigenvalue weighted by molar-refractivity contribution is 7.09. The molecule has 1 aromatic carbocycles. The fourth-order valence-corrected chi connectivity index (χ4v) is 3.79. The third-order valence-electron chi connectivity index (χ3n) is 4.37. The Morgan fingerprint density at radius 3 is 2.87 bits per heavy atom. The standard InChI is InChI=1S/C18H21FN2OS/c19-15-6-4-14(5-7-15)13-16-3-1-2-11-21(16)18(22)9-8-17-20-10-12-23-17/h4-7,10,12,16H,1-3,8-9,11,13H2/t16-/m0/s1. The van der Waals surface area contributed by atoms with Gasteiger partial charge in [-0.05, 0) is 43.4 Å². The second kappa shape index (κ2) is 7.68. The van der Waals surface area contributed by atoms with Gasteiger partial charge in [-0.3, -0.25) is 4.79 Å². The summed E-state index contributed by atoms with van der Waals surface area (Å²) in [6.45, 7) is 0.836. The van der Waals surface area contributed by atoms with Crippen molar-refractivity contribution in [1.29, 1.82) is 0 Å². The largest absolute Gasteiger partial charge is 0.339 e. The molecule has 1 aliphatic heterocycles. The summed E-state index contributed by atoms with van der Waals surface area (Å²) in [5.74, 6) is 0.000728. The second-order valence-corrected chi connectivity index (χ2v) is 6.97. The molecule has 1 amide bonds. The van der Waals surface area contributed by atoms with E-state index in [1.165, 1.54) is 12.1 Å². The quantitative estimate of drug-likeness (QED) is 0.833. The van der Waals surface area contributed by atoms with Gasteiger partial charge >= 0.3 is 0 Å². The number of aryl methyl sites for hydroxylation is 1. The zero-order valence-corrected chi connectivity index (χ0v) is 13.9. The van der Waals surface area contributed by atoms with Crippen LogP contribution in [0.3, 0.4) is 0 Å². The Morgan fingerprint density at radius 1 is 1.30 bits per heavy atom. The van der Waals surface area contributed by atoms with Crippen LogP contribution in [0, 0.1) is 5.82 Å². The van der Waals surface area contributed by atoms with Gasteiger partial charge in [0.25, 0.3) is 0 Å². The fourth-order valence-electron chi connectivity index (χ4n) is 3.17. The van der Waals surface area contributed by atoms with Crippen LogP contribution in [-0.4, -0.2) is 28.4 Å². The van der Waals surface area contributed by atoms with E-state index in [0.29, 0.717) is 6.42 Å². The highest BCUT2D eigenvalue weighted by Crippen LogP contribution is 2.22. The van der Waals surface area contributed by atoms with Gasteiger partial charge in [0.05, 0.1) is 5.01 Å². The Morgan fingerprint density at radius 2 is 2.13 bits per heavy atom. The Labute approximate surface area is 140 Å². The topological polar surface area (TPSA) is 33.2 Å². The van der Waals surface area contributed by atoms with Crippen LogP contribution in [0.5, 0.6) is 0 Å². The molecule has 122 valence electrons. The van der Waals surface area contributed by atoms with Crippen LogP contribution in [-0.2, 0) is 17.6 Å². The highest BCUT2D eigenvalue weighted by atomic mass is 32.1. The first-order chi connectivity index (χ1) is 11.2. The molecule has 0 spiro atoms. The average Bonchev–Trinajstić information content (AvgIpc) is 3.09. The first-order valence-corrected chi connectivity index (χ1v) is 9.02. The Balaban J connectivity index is 1.61. The van der Waals surface area contributed by atoms with Crippen molar-refractivity contribution in [2.24, 2.45) is 0 Å². The second-order valence-electron chi connectivity index (χ2n) is 5.99. The number of aromatic nitrogens is 1. The monoisotopic (exact) mass is 332 g/mol. The number of thiazole rings is 1. The van der Waals surface area contributed by atoms with Crippen LogP contribution in [0.4, 0.5) is 4.39 Å². The molecule has 0 bridgehead atoms. The number of nitrogens with zero attached hydrogens (tertiary/aromatic N) is 2. The summed E-state index contributed by atoms with van der Waals surface area (Å²) in [5, 5.41) is 2.96. The molecular formula is C18H21FN2OS. The molecule has 3 rings (SSSR count). The van der Waals surface area contributed by atoms with Gasteiger partial charge in [0, 0.05) is 37.0 Å². The van der Waals surface area contributed by atoms with Gasteiger partial charge in [0.2, 0.25) is 5.91 Å². The number of piperidine rings is 1. The zero-order chi connectivity index (χ0) is 16.1. The summed E-state index contributed by atoms with van der Waals surface area (Å²) in [5.41, 5.74) is 1.09. The maximum Gasteiger partial charge on any atom is 0.223 e. The molecule has 1 atom stereocenters. The normalized spacial score (nSPS) is 18.1. The van der Waals surface area contributed by atoms with Gasteiger partial charge < -0.3 is 4.90 Å². The molecule has 0 saturated carbocycles. The van der Waals surface area contributed by atoms with E-state index in [4.69, 9.17) is 0 Å². The first-order valence-electron chi connectivity index (χ1n) is 8.14. The molecule has 0 aliphatic carbocycles. The minimum atomic E-state index is -0.214. The molecule has 1 aliphatic rings. The average molecular weight is 332 g/mol. The summed E-state index contributed by atoms with van der Waals surface area (Å²) in [4.78, 5) is 18.9. The van der Waals surface area contributed by atoms with Crippen molar-refractivity contribution < 1.29 is 9.18 Å². The smallest absolute Gasteiger partial charge is 0.223 e. The van der Waals surface area contributed by atoms with Crippen LogP contribution >= 0.6 is 11.3 Å². The SMILES string of the molecule is O=C(CCc1nccs1)N1CCCC[C@H]1Cc1ccc(F)cc1. The van der Waals surface area contributed by atoms with Gasteiger partial charge in [-0.15, -0.1) is 11.3 Å². The van der Waals surface area contributed by atoms with Crippen LogP contribution in [0.2, 0.25) is 0 Å². The summed E-state index contributed by atoms with van der Waals surface area (Å²) in [7, 11) is 0. The summed E-state index contributed by atoms with van der Waals surface area (Å²) >= 11 is 1.60. The number of rotatable bonds is 5. The third kappa shape index (κ3) is 4.38. The number of hydrogen-bond donors (Lipinski definition) is 0. The first kappa shape index (κ1) is 16.1. The van der Waals surface area contributed by atoms with Gasteiger partial charge in [0.1, 0.15) is 5.82 Å². The molecule has 3 nitrogen and oxygen atoms in total. The maximum atomic E-state index is 13.0. The highest BCUT2D eigenvalue weighted by Gasteiger charge is 2.26. The van der Waals surface area contributed by atoms with E-state index >= 15 is 0 Å². The fraction of sp³-hybridized carbons (Fsp3) is 0.444. The predicted octanol–water partition coefficient (Wildman–Crippen LogP) is 3.84. The van der Waals surface area contributed by atoms with Crippen molar-refractivity contribution >= 4 is 17.2 Å². The number of halogens is 1. The lowest BCUT2D eigenvalue weighted by Gasteiger charge is -2.36. The predicted molar refractivity (Wildman–Crippen MR) is 89.9 cm³/mol. The lowest BCUT2D eigenvalue weighted by atomic mass is 9.95. The number of hydrogen-bond acceptors (Lipinski definition) is 3. The Bertz CT molecular complexity index is 627. The lowest BCUT2D eigenvalue weighted by Crippen LogP contribution is -2.45. The number of carbonyl (C=O) groups is 1. The van der Waals surface area contributed by atoms with Crippen molar-refractivity contribution in [3.8, 4) is 0 Å². The molecule has 1 saturated heterocycles. The lowest BCUT2D eigenvalue weighted by molar-refractivity contribution is -0.134. The van der Waals surface area contributed by atoms with Crippen molar-refractivity contribution in [1.82, 2.24) is 9.88 Å². The zero-order valence-electron chi connectivity index (χ0n) is 13.1.